The third kappa shape index (κ3) is 5.10. The highest BCUT2D eigenvalue weighted by molar-refractivity contribution is 8.05. The standard InChI is InChI=1S/C25H16Cl2FN3O2S/c26-16-6-11-21(27)15(12-16)13-22-24(33)31(19-4-2-1-3-5-19)25(34-22)20(14-29)23(32)30-18-9-7-17(28)8-10-18/h1-12,22H,13H2,(H,30,32)/b25-20-/t22-/m0/s1. The van der Waals surface area contributed by atoms with Crippen molar-refractivity contribution < 1.29 is 14.0 Å². The zero-order chi connectivity index (χ0) is 24.2. The number of nitrogens with one attached hydrogen (secondary N) is 1. The fourth-order valence-corrected chi connectivity index (χ4v) is 5.11. The first-order valence-electron chi connectivity index (χ1n) is 10.1. The van der Waals surface area contributed by atoms with Gasteiger partial charge in [-0.15, -0.1) is 0 Å². The molecule has 3 aromatic rings. The van der Waals surface area contributed by atoms with Crippen LogP contribution in [0.25, 0.3) is 0 Å². The number of halogens is 3. The predicted molar refractivity (Wildman–Crippen MR) is 133 cm³/mol. The lowest BCUT2D eigenvalue weighted by atomic mass is 10.1. The van der Waals surface area contributed by atoms with Crippen molar-refractivity contribution in [3.63, 3.8) is 0 Å². The van der Waals surface area contributed by atoms with E-state index >= 15 is 0 Å². The van der Waals surface area contributed by atoms with Crippen molar-refractivity contribution in [3.05, 3.63) is 105 Å². The summed E-state index contributed by atoms with van der Waals surface area (Å²) in [5.41, 5.74) is 1.30. The lowest BCUT2D eigenvalue weighted by Gasteiger charge is -2.18. The van der Waals surface area contributed by atoms with Crippen LogP contribution in [0.2, 0.25) is 10.0 Å². The number of rotatable bonds is 5. The fraction of sp³-hybridized carbons (Fsp3) is 0.0800. The largest absolute Gasteiger partial charge is 0.321 e. The Morgan fingerprint density at radius 3 is 2.47 bits per heavy atom. The first-order chi connectivity index (χ1) is 16.4. The molecule has 1 N–H and O–H groups in total. The van der Waals surface area contributed by atoms with Crippen molar-refractivity contribution in [1.82, 2.24) is 0 Å². The highest BCUT2D eigenvalue weighted by Crippen LogP contribution is 2.42. The van der Waals surface area contributed by atoms with Crippen molar-refractivity contribution >= 4 is 58.2 Å². The first-order valence-corrected chi connectivity index (χ1v) is 11.7. The van der Waals surface area contributed by atoms with E-state index in [9.17, 15) is 19.2 Å². The van der Waals surface area contributed by atoms with E-state index < -0.39 is 17.0 Å². The Bertz CT molecular complexity index is 1320. The predicted octanol–water partition coefficient (Wildman–Crippen LogP) is 6.20. The van der Waals surface area contributed by atoms with Crippen LogP contribution in [0, 0.1) is 17.1 Å². The van der Waals surface area contributed by atoms with E-state index in [4.69, 9.17) is 23.2 Å². The van der Waals surface area contributed by atoms with Crippen LogP contribution in [0.15, 0.2) is 83.4 Å². The number of nitriles is 1. The molecule has 0 radical (unpaired) electrons. The van der Waals surface area contributed by atoms with Crippen LogP contribution in [-0.4, -0.2) is 17.1 Å². The Morgan fingerprint density at radius 2 is 1.79 bits per heavy atom. The molecule has 1 atom stereocenters. The van der Waals surface area contributed by atoms with Crippen molar-refractivity contribution in [3.8, 4) is 6.07 Å². The number of carbonyl (C=O) groups is 2. The van der Waals surface area contributed by atoms with E-state index in [0.717, 1.165) is 11.8 Å². The molecule has 170 valence electrons. The minimum Gasteiger partial charge on any atom is -0.321 e. The Balaban J connectivity index is 1.72. The lowest BCUT2D eigenvalue weighted by Crippen LogP contribution is -2.30. The van der Waals surface area contributed by atoms with Crippen LogP contribution in [0.1, 0.15) is 5.56 Å². The molecule has 0 unspecified atom stereocenters. The molecule has 2 amide bonds. The van der Waals surface area contributed by atoms with Gasteiger partial charge in [0.25, 0.3) is 5.91 Å². The minimum absolute atomic E-state index is 0.210. The molecule has 5 nitrogen and oxygen atoms in total. The highest BCUT2D eigenvalue weighted by atomic mass is 35.5. The zero-order valence-electron chi connectivity index (χ0n) is 17.5. The lowest BCUT2D eigenvalue weighted by molar-refractivity contribution is -0.117. The molecule has 1 aliphatic rings. The number of nitrogens with zero attached hydrogens (tertiary/aromatic N) is 2. The minimum atomic E-state index is -0.702. The second kappa shape index (κ2) is 10.3. The van der Waals surface area contributed by atoms with Gasteiger partial charge in [0.15, 0.2) is 0 Å². The fourth-order valence-electron chi connectivity index (χ4n) is 3.43. The Kier molecular flexibility index (Phi) is 7.23. The molecule has 0 saturated carbocycles. The van der Waals surface area contributed by atoms with Crippen LogP contribution in [0.3, 0.4) is 0 Å². The molecule has 0 aromatic heterocycles. The number of thioether (sulfide) groups is 1. The summed E-state index contributed by atoms with van der Waals surface area (Å²) in [4.78, 5) is 27.8. The molecule has 34 heavy (non-hydrogen) atoms. The Hall–Kier alpha value is -3.31. The molecular weight excluding hydrogens is 496 g/mol. The van der Waals surface area contributed by atoms with Crippen molar-refractivity contribution in [1.29, 1.82) is 5.26 Å². The highest BCUT2D eigenvalue weighted by Gasteiger charge is 2.41. The molecular formula is C25H16Cl2FN3O2S. The SMILES string of the molecule is N#C/C(C(=O)Nc1ccc(F)cc1)=C1/S[C@@H](Cc2cc(Cl)ccc2Cl)C(=O)N1c1ccccc1. The molecule has 1 fully saturated rings. The molecule has 1 saturated heterocycles. The average molecular weight is 512 g/mol. The van der Waals surface area contributed by atoms with Gasteiger partial charge < -0.3 is 5.32 Å². The van der Waals surface area contributed by atoms with Gasteiger partial charge in [0, 0.05) is 21.4 Å². The summed E-state index contributed by atoms with van der Waals surface area (Å²) in [6.07, 6.45) is 0.258. The number of anilines is 2. The van der Waals surface area contributed by atoms with Gasteiger partial charge in [-0.1, -0.05) is 53.2 Å². The van der Waals surface area contributed by atoms with Gasteiger partial charge in [-0.05, 0) is 66.6 Å². The second-order valence-corrected chi connectivity index (χ2v) is 9.34. The van der Waals surface area contributed by atoms with Crippen LogP contribution in [0.5, 0.6) is 0 Å². The van der Waals surface area contributed by atoms with E-state index in [2.05, 4.69) is 5.32 Å². The van der Waals surface area contributed by atoms with Gasteiger partial charge in [-0.3, -0.25) is 14.5 Å². The van der Waals surface area contributed by atoms with Crippen molar-refractivity contribution in [2.75, 3.05) is 10.2 Å². The third-order valence-electron chi connectivity index (χ3n) is 5.04. The Morgan fingerprint density at radius 1 is 1.09 bits per heavy atom. The van der Waals surface area contributed by atoms with Gasteiger partial charge in [0.05, 0.1) is 5.25 Å². The second-order valence-electron chi connectivity index (χ2n) is 7.31. The van der Waals surface area contributed by atoms with E-state index in [1.54, 1.807) is 48.5 Å². The summed E-state index contributed by atoms with van der Waals surface area (Å²) in [5, 5.41) is 13.0. The maximum Gasteiger partial charge on any atom is 0.269 e. The molecule has 1 aliphatic heterocycles. The smallest absolute Gasteiger partial charge is 0.269 e. The first kappa shape index (κ1) is 23.8. The molecule has 1 heterocycles. The molecule has 0 spiro atoms. The molecule has 0 bridgehead atoms. The topological polar surface area (TPSA) is 73.2 Å². The summed E-state index contributed by atoms with van der Waals surface area (Å²) in [7, 11) is 0. The van der Waals surface area contributed by atoms with Crippen LogP contribution in [-0.2, 0) is 16.0 Å². The van der Waals surface area contributed by atoms with E-state index in [1.807, 2.05) is 6.07 Å². The third-order valence-corrected chi connectivity index (χ3v) is 6.90. The average Bonchev–Trinajstić information content (AvgIpc) is 3.14. The summed E-state index contributed by atoms with van der Waals surface area (Å²) >= 11 is 13.5. The van der Waals surface area contributed by atoms with Crippen molar-refractivity contribution in [2.24, 2.45) is 0 Å². The summed E-state index contributed by atoms with van der Waals surface area (Å²) in [5.74, 6) is -1.44. The summed E-state index contributed by atoms with van der Waals surface area (Å²) < 4.78 is 13.2. The van der Waals surface area contributed by atoms with E-state index in [-0.39, 0.29) is 22.9 Å². The maximum absolute atomic E-state index is 13.5. The van der Waals surface area contributed by atoms with Crippen LogP contribution < -0.4 is 10.2 Å². The van der Waals surface area contributed by atoms with Crippen molar-refractivity contribution in [2.45, 2.75) is 11.7 Å². The van der Waals surface area contributed by atoms with Gasteiger partial charge >= 0.3 is 0 Å². The molecule has 4 rings (SSSR count). The van der Waals surface area contributed by atoms with E-state index in [1.165, 1.54) is 29.2 Å². The molecule has 3 aromatic carbocycles. The number of carbonyl (C=O) groups excluding carboxylic acids is 2. The van der Waals surface area contributed by atoms with Gasteiger partial charge in [-0.2, -0.15) is 5.26 Å². The Labute approximate surface area is 209 Å². The summed E-state index contributed by atoms with van der Waals surface area (Å²) in [6.45, 7) is 0. The number of benzene rings is 3. The van der Waals surface area contributed by atoms with E-state index in [0.29, 0.717) is 27.0 Å². The quantitative estimate of drug-likeness (QED) is 0.327. The van der Waals surface area contributed by atoms with Crippen LogP contribution in [0.4, 0.5) is 15.8 Å². The molecule has 0 aliphatic carbocycles. The number of para-hydroxylation sites is 1. The normalized spacial score (nSPS) is 16.8. The number of hydrogen-bond acceptors (Lipinski definition) is 4. The van der Waals surface area contributed by atoms with Gasteiger partial charge in [0.2, 0.25) is 5.91 Å². The zero-order valence-corrected chi connectivity index (χ0v) is 19.8. The van der Waals surface area contributed by atoms with Crippen LogP contribution >= 0.6 is 35.0 Å². The molecule has 9 heteroatoms. The van der Waals surface area contributed by atoms with Gasteiger partial charge in [-0.25, -0.2) is 4.39 Å². The maximum atomic E-state index is 13.5. The monoisotopic (exact) mass is 511 g/mol. The number of amides is 2. The number of hydrogen-bond donors (Lipinski definition) is 1. The summed E-state index contributed by atoms with van der Waals surface area (Å²) in [6, 6.07) is 20.9. The van der Waals surface area contributed by atoms with Gasteiger partial charge in [0.1, 0.15) is 22.5 Å².